The average molecular weight is 927 g/mol. The fourth-order valence-electron chi connectivity index (χ4n) is 6.95. The van der Waals surface area contributed by atoms with Crippen LogP contribution in [-0.4, -0.2) is 37.2 Å². The molecule has 0 aliphatic carbocycles. The summed E-state index contributed by atoms with van der Waals surface area (Å²) in [7, 11) is 0. The van der Waals surface area contributed by atoms with Crippen molar-refractivity contribution in [1.82, 2.24) is 0 Å². The summed E-state index contributed by atoms with van der Waals surface area (Å²) in [5.41, 5.74) is 0. The average Bonchev–Trinajstić information content (AvgIpc) is 3.33. The van der Waals surface area contributed by atoms with Gasteiger partial charge in [0.1, 0.15) is 13.2 Å². The molecule has 0 saturated heterocycles. The van der Waals surface area contributed by atoms with E-state index in [4.69, 9.17) is 14.2 Å². The molecule has 0 rings (SSSR count). The maximum Gasteiger partial charge on any atom is 0.306 e. The van der Waals surface area contributed by atoms with Gasteiger partial charge in [0.15, 0.2) is 6.10 Å². The van der Waals surface area contributed by atoms with Gasteiger partial charge in [-0.05, 0) is 116 Å². The van der Waals surface area contributed by atoms with E-state index in [1.807, 2.05) is 12.2 Å². The molecule has 0 aliphatic heterocycles. The molecule has 0 radical (unpaired) electrons. The summed E-state index contributed by atoms with van der Waals surface area (Å²) < 4.78 is 16.7. The minimum Gasteiger partial charge on any atom is -0.462 e. The van der Waals surface area contributed by atoms with Crippen LogP contribution in [0.3, 0.4) is 0 Å². The minimum absolute atomic E-state index is 0.117. The molecule has 0 bridgehead atoms. The molecule has 0 amide bonds. The summed E-state index contributed by atoms with van der Waals surface area (Å²) in [6.07, 6.45) is 74.9. The van der Waals surface area contributed by atoms with Crippen LogP contribution in [0.2, 0.25) is 0 Å². The third kappa shape index (κ3) is 52.6. The lowest BCUT2D eigenvalue weighted by molar-refractivity contribution is -0.166. The summed E-state index contributed by atoms with van der Waals surface area (Å²) in [5, 5.41) is 0. The van der Waals surface area contributed by atoms with E-state index in [0.717, 1.165) is 116 Å². The Labute approximate surface area is 412 Å². The Morgan fingerprint density at radius 3 is 0.985 bits per heavy atom. The fraction of sp³-hybridized carbons (Fsp3) is 0.623. The third-order valence-electron chi connectivity index (χ3n) is 10.9. The van der Waals surface area contributed by atoms with E-state index >= 15 is 0 Å². The summed E-state index contributed by atoms with van der Waals surface area (Å²) in [6.45, 7) is 6.30. The smallest absolute Gasteiger partial charge is 0.306 e. The second kappa shape index (κ2) is 54.4. The highest BCUT2D eigenvalue weighted by molar-refractivity contribution is 5.71. The van der Waals surface area contributed by atoms with Crippen LogP contribution in [0.4, 0.5) is 0 Å². The summed E-state index contributed by atoms with van der Waals surface area (Å²) in [5.74, 6) is -1.03. The maximum atomic E-state index is 12.8. The molecule has 0 fully saturated rings. The van der Waals surface area contributed by atoms with Crippen LogP contribution in [0.25, 0.3) is 0 Å². The minimum atomic E-state index is -0.827. The Morgan fingerprint density at radius 2 is 0.612 bits per heavy atom. The van der Waals surface area contributed by atoms with Gasteiger partial charge in [0, 0.05) is 19.3 Å². The number of esters is 3. The number of carbonyl (C=O) groups is 3. The molecule has 67 heavy (non-hydrogen) atoms. The second-order valence-electron chi connectivity index (χ2n) is 17.4. The van der Waals surface area contributed by atoms with Crippen molar-refractivity contribution in [3.63, 3.8) is 0 Å². The van der Waals surface area contributed by atoms with E-state index in [1.165, 1.54) is 64.2 Å². The molecule has 6 nitrogen and oxygen atoms in total. The Bertz CT molecular complexity index is 1440. The molecular weight excluding hydrogens is 829 g/mol. The first-order valence-electron chi connectivity index (χ1n) is 27.0. The van der Waals surface area contributed by atoms with Crippen molar-refractivity contribution in [2.45, 2.75) is 232 Å². The third-order valence-corrected chi connectivity index (χ3v) is 10.9. The van der Waals surface area contributed by atoms with Gasteiger partial charge in [-0.15, -0.1) is 0 Å². The molecule has 378 valence electrons. The second-order valence-corrected chi connectivity index (χ2v) is 17.4. The molecule has 0 aromatic rings. The Morgan fingerprint density at radius 1 is 0.313 bits per heavy atom. The molecule has 0 aliphatic rings. The van der Waals surface area contributed by atoms with Gasteiger partial charge in [-0.3, -0.25) is 14.4 Å². The number of unbranched alkanes of at least 4 members (excludes halogenated alkanes) is 16. The lowest BCUT2D eigenvalue weighted by Gasteiger charge is -2.18. The van der Waals surface area contributed by atoms with E-state index in [1.54, 1.807) is 0 Å². The number of rotatable bonds is 47. The van der Waals surface area contributed by atoms with Crippen LogP contribution < -0.4 is 0 Å². The van der Waals surface area contributed by atoms with Gasteiger partial charge in [-0.2, -0.15) is 0 Å². The van der Waals surface area contributed by atoms with Gasteiger partial charge in [0.25, 0.3) is 0 Å². The number of hydrogen-bond donors (Lipinski definition) is 0. The highest BCUT2D eigenvalue weighted by Crippen LogP contribution is 2.13. The van der Waals surface area contributed by atoms with Crippen LogP contribution in [-0.2, 0) is 28.6 Å². The van der Waals surface area contributed by atoms with E-state index in [-0.39, 0.29) is 31.6 Å². The molecule has 0 saturated carbocycles. The quantitative estimate of drug-likeness (QED) is 0.0262. The van der Waals surface area contributed by atoms with Gasteiger partial charge >= 0.3 is 17.9 Å². The van der Waals surface area contributed by atoms with Crippen molar-refractivity contribution in [1.29, 1.82) is 0 Å². The van der Waals surface area contributed by atoms with Crippen LogP contribution in [0, 0.1) is 0 Å². The summed E-state index contributed by atoms with van der Waals surface area (Å²) >= 11 is 0. The van der Waals surface area contributed by atoms with Crippen LogP contribution in [0.15, 0.2) is 122 Å². The molecule has 0 spiro atoms. The van der Waals surface area contributed by atoms with Crippen molar-refractivity contribution in [2.24, 2.45) is 0 Å². The van der Waals surface area contributed by atoms with E-state index < -0.39 is 12.1 Å². The number of carbonyl (C=O) groups excluding carboxylic acids is 3. The molecule has 0 aromatic heterocycles. The lowest BCUT2D eigenvalue weighted by Crippen LogP contribution is -2.30. The molecule has 1 atom stereocenters. The summed E-state index contributed by atoms with van der Waals surface area (Å²) in [4.78, 5) is 38.0. The van der Waals surface area contributed by atoms with Crippen molar-refractivity contribution in [2.75, 3.05) is 13.2 Å². The summed E-state index contributed by atoms with van der Waals surface area (Å²) in [6, 6.07) is 0. The highest BCUT2D eigenvalue weighted by atomic mass is 16.6. The van der Waals surface area contributed by atoms with Crippen LogP contribution >= 0.6 is 0 Å². The SMILES string of the molecule is CC/C=C\C/C=C\C/C=C\C/C=C\C/C=C\CCCCCCCCCC(=O)OCC(COC(=O)CCCCCCC/C=C\CCCCCC)OC(=O)CC/C=C\C/C=C\C/C=C\C/C=C\CC. The maximum absolute atomic E-state index is 12.8. The standard InChI is InChI=1S/C61H98O6/c1-4-7-10-13-16-19-22-25-26-27-28-29-30-31-32-33-34-37-39-42-45-48-51-54-60(63)66-57-58(67-61(64)55-52-49-46-43-40-36-24-21-18-15-12-9-6-3)56-65-59(62)53-50-47-44-41-38-35-23-20-17-14-11-8-5-2/h7,9-10,12,16,18-21,23,25-26,28-29,31-32,36,40,46,49,58H,4-6,8,11,13-15,17,22,24,27,30,33-35,37-39,41-45,47-48,50-57H2,1-3H3/b10-7-,12-9-,19-16-,21-18-,23-20-,26-25-,29-28-,32-31-,40-36-,49-46-. The highest BCUT2D eigenvalue weighted by Gasteiger charge is 2.19. The molecule has 0 heterocycles. The fourth-order valence-corrected chi connectivity index (χ4v) is 6.95. The predicted molar refractivity (Wildman–Crippen MR) is 288 cm³/mol. The van der Waals surface area contributed by atoms with Crippen molar-refractivity contribution >= 4 is 17.9 Å². The van der Waals surface area contributed by atoms with Crippen LogP contribution in [0.5, 0.6) is 0 Å². The zero-order valence-corrected chi connectivity index (χ0v) is 43.1. The molecule has 0 aromatic carbocycles. The zero-order chi connectivity index (χ0) is 48.6. The van der Waals surface area contributed by atoms with Crippen LogP contribution in [0.1, 0.15) is 226 Å². The lowest BCUT2D eigenvalue weighted by atomic mass is 10.1. The predicted octanol–water partition coefficient (Wildman–Crippen LogP) is 18.1. The Balaban J connectivity index is 4.43. The van der Waals surface area contributed by atoms with Gasteiger partial charge in [-0.25, -0.2) is 0 Å². The molecule has 6 heteroatoms. The molecular formula is C61H98O6. The van der Waals surface area contributed by atoms with E-state index in [2.05, 4.69) is 130 Å². The number of allylic oxidation sites excluding steroid dienone is 20. The van der Waals surface area contributed by atoms with Gasteiger partial charge in [0.05, 0.1) is 0 Å². The first-order chi connectivity index (χ1) is 33.0. The Hall–Kier alpha value is -4.19. The first-order valence-corrected chi connectivity index (χ1v) is 27.0. The first kappa shape index (κ1) is 62.8. The topological polar surface area (TPSA) is 78.9 Å². The van der Waals surface area contributed by atoms with Gasteiger partial charge < -0.3 is 14.2 Å². The normalized spacial score (nSPS) is 13.1. The Kier molecular flexibility index (Phi) is 51.0. The monoisotopic (exact) mass is 927 g/mol. The van der Waals surface area contributed by atoms with Crippen molar-refractivity contribution < 1.29 is 28.6 Å². The zero-order valence-electron chi connectivity index (χ0n) is 43.1. The van der Waals surface area contributed by atoms with E-state index in [9.17, 15) is 14.4 Å². The van der Waals surface area contributed by atoms with Crippen molar-refractivity contribution in [3.8, 4) is 0 Å². The van der Waals surface area contributed by atoms with Gasteiger partial charge in [0.2, 0.25) is 0 Å². The largest absolute Gasteiger partial charge is 0.462 e. The molecule has 0 N–H and O–H groups in total. The molecule has 1 unspecified atom stereocenters. The van der Waals surface area contributed by atoms with Crippen molar-refractivity contribution in [3.05, 3.63) is 122 Å². The number of ether oxygens (including phenoxy) is 3. The number of hydrogen-bond acceptors (Lipinski definition) is 6. The van der Waals surface area contributed by atoms with E-state index in [0.29, 0.717) is 19.3 Å². The van der Waals surface area contributed by atoms with Gasteiger partial charge in [-0.1, -0.05) is 213 Å².